The average molecular weight is 378 g/mol. The summed E-state index contributed by atoms with van der Waals surface area (Å²) in [6, 6.07) is 9.02. The quantitative estimate of drug-likeness (QED) is 0.873. The molecule has 23 heavy (non-hydrogen) atoms. The van der Waals surface area contributed by atoms with Gasteiger partial charge in [0, 0.05) is 18.5 Å². The van der Waals surface area contributed by atoms with Crippen molar-refractivity contribution < 1.29 is 14.7 Å². The van der Waals surface area contributed by atoms with E-state index in [1.807, 2.05) is 6.07 Å². The number of hydrogen-bond acceptors (Lipinski definition) is 5. The normalized spacial score (nSPS) is 13.8. The smallest absolute Gasteiger partial charge is 0.323 e. The third-order valence-corrected chi connectivity index (χ3v) is 4.23. The topological polar surface area (TPSA) is 92.5 Å². The zero-order chi connectivity index (χ0) is 16.6. The SMILES string of the molecule is O=C(O)CN1CCC(=O)n2c1nc(-c1ccccc1)c(Br)c2=O. The summed E-state index contributed by atoms with van der Waals surface area (Å²) in [5.41, 5.74) is 0.550. The lowest BCUT2D eigenvalue weighted by molar-refractivity contribution is -0.135. The van der Waals surface area contributed by atoms with Gasteiger partial charge in [0.15, 0.2) is 0 Å². The molecule has 0 unspecified atom stereocenters. The molecule has 1 aliphatic rings. The summed E-state index contributed by atoms with van der Waals surface area (Å²) < 4.78 is 1.11. The number of benzene rings is 1. The highest BCUT2D eigenvalue weighted by atomic mass is 79.9. The van der Waals surface area contributed by atoms with Crippen LogP contribution in [0.1, 0.15) is 11.2 Å². The van der Waals surface area contributed by atoms with Gasteiger partial charge in [-0.3, -0.25) is 14.4 Å². The molecular weight excluding hydrogens is 366 g/mol. The van der Waals surface area contributed by atoms with Gasteiger partial charge in [-0.2, -0.15) is 0 Å². The Morgan fingerprint density at radius 2 is 1.96 bits per heavy atom. The van der Waals surface area contributed by atoms with Gasteiger partial charge < -0.3 is 10.0 Å². The molecule has 0 bridgehead atoms. The predicted molar refractivity (Wildman–Crippen MR) is 86.7 cm³/mol. The molecule has 0 radical (unpaired) electrons. The van der Waals surface area contributed by atoms with Gasteiger partial charge in [0.05, 0.1) is 5.69 Å². The van der Waals surface area contributed by atoms with Crippen LogP contribution in [0.5, 0.6) is 0 Å². The maximum Gasteiger partial charge on any atom is 0.323 e. The van der Waals surface area contributed by atoms with E-state index in [4.69, 9.17) is 5.11 Å². The van der Waals surface area contributed by atoms with E-state index in [1.54, 1.807) is 24.3 Å². The number of carboxylic acid groups (broad SMARTS) is 1. The average Bonchev–Trinajstić information content (AvgIpc) is 2.53. The fraction of sp³-hybridized carbons (Fsp3) is 0.200. The molecule has 1 aromatic heterocycles. The maximum atomic E-state index is 12.5. The number of fused-ring (bicyclic) bond motifs is 1. The van der Waals surface area contributed by atoms with E-state index in [9.17, 15) is 14.4 Å². The molecule has 0 atom stereocenters. The van der Waals surface area contributed by atoms with E-state index < -0.39 is 11.5 Å². The minimum absolute atomic E-state index is 0.0655. The molecular formula is C15H12BrN3O4. The summed E-state index contributed by atoms with van der Waals surface area (Å²) in [6.07, 6.45) is 0.0684. The molecule has 0 saturated heterocycles. The van der Waals surface area contributed by atoms with E-state index >= 15 is 0 Å². The fourth-order valence-electron chi connectivity index (χ4n) is 2.47. The van der Waals surface area contributed by atoms with E-state index in [0.717, 1.165) is 4.57 Å². The number of carbonyl (C=O) groups excluding carboxylic acids is 1. The predicted octanol–water partition coefficient (Wildman–Crippen LogP) is 1.61. The van der Waals surface area contributed by atoms with E-state index in [0.29, 0.717) is 11.3 Å². The van der Waals surface area contributed by atoms with Gasteiger partial charge in [-0.1, -0.05) is 30.3 Å². The zero-order valence-electron chi connectivity index (χ0n) is 11.9. The highest BCUT2D eigenvalue weighted by Crippen LogP contribution is 2.27. The molecule has 1 aromatic carbocycles. The Morgan fingerprint density at radius 3 is 2.61 bits per heavy atom. The Kier molecular flexibility index (Phi) is 3.99. The van der Waals surface area contributed by atoms with Crippen molar-refractivity contribution in [3.63, 3.8) is 0 Å². The molecule has 0 fully saturated rings. The first-order valence-electron chi connectivity index (χ1n) is 6.87. The first-order valence-corrected chi connectivity index (χ1v) is 7.66. The molecule has 0 amide bonds. The molecule has 7 nitrogen and oxygen atoms in total. The maximum absolute atomic E-state index is 12.5. The van der Waals surface area contributed by atoms with Crippen LogP contribution in [-0.2, 0) is 4.79 Å². The fourth-order valence-corrected chi connectivity index (χ4v) is 2.96. The van der Waals surface area contributed by atoms with Crippen molar-refractivity contribution in [2.75, 3.05) is 18.0 Å². The van der Waals surface area contributed by atoms with Crippen LogP contribution in [0.4, 0.5) is 5.95 Å². The van der Waals surface area contributed by atoms with Crippen molar-refractivity contribution in [1.29, 1.82) is 0 Å². The molecule has 1 N–H and O–H groups in total. The van der Waals surface area contributed by atoms with Crippen LogP contribution in [0.3, 0.4) is 0 Å². The van der Waals surface area contributed by atoms with Crippen molar-refractivity contribution in [3.8, 4) is 11.3 Å². The monoisotopic (exact) mass is 377 g/mol. The standard InChI is InChI=1S/C15H12BrN3O4/c16-12-13(9-4-2-1-3-5-9)17-15-18(8-11(21)22)7-6-10(20)19(15)14(12)23/h1-5H,6-8H2,(H,21,22). The molecule has 3 rings (SSSR count). The summed E-state index contributed by atoms with van der Waals surface area (Å²) >= 11 is 3.21. The number of halogens is 1. The van der Waals surface area contributed by atoms with Gasteiger partial charge >= 0.3 is 5.97 Å². The Bertz CT molecular complexity index is 848. The third-order valence-electron chi connectivity index (χ3n) is 3.51. The summed E-state index contributed by atoms with van der Waals surface area (Å²) in [7, 11) is 0. The number of nitrogens with zero attached hydrogens (tertiary/aromatic N) is 3. The van der Waals surface area contributed by atoms with E-state index in [1.165, 1.54) is 4.90 Å². The van der Waals surface area contributed by atoms with Gasteiger partial charge in [-0.25, -0.2) is 9.55 Å². The Morgan fingerprint density at radius 1 is 1.26 bits per heavy atom. The van der Waals surface area contributed by atoms with Crippen molar-refractivity contribution in [2.24, 2.45) is 0 Å². The largest absolute Gasteiger partial charge is 0.480 e. The number of hydrogen-bond donors (Lipinski definition) is 1. The van der Waals surface area contributed by atoms with Crippen LogP contribution in [0.15, 0.2) is 39.6 Å². The van der Waals surface area contributed by atoms with E-state index in [2.05, 4.69) is 20.9 Å². The van der Waals surface area contributed by atoms with Crippen LogP contribution in [0, 0.1) is 0 Å². The van der Waals surface area contributed by atoms with Crippen molar-refractivity contribution in [1.82, 2.24) is 9.55 Å². The molecule has 0 spiro atoms. The number of anilines is 1. The van der Waals surface area contributed by atoms with Crippen molar-refractivity contribution in [3.05, 3.63) is 45.2 Å². The number of aliphatic carboxylic acids is 1. The van der Waals surface area contributed by atoms with Crippen LogP contribution in [0.2, 0.25) is 0 Å². The molecule has 2 heterocycles. The summed E-state index contributed by atoms with van der Waals surface area (Å²) in [6.45, 7) is -0.108. The Balaban J connectivity index is 2.23. The summed E-state index contributed by atoms with van der Waals surface area (Å²) in [4.78, 5) is 41.4. The number of aromatic nitrogens is 2. The number of carboxylic acids is 1. The lowest BCUT2D eigenvalue weighted by atomic mass is 10.1. The summed E-state index contributed by atoms with van der Waals surface area (Å²) in [5.74, 6) is -1.38. The number of rotatable bonds is 3. The minimum atomic E-state index is -1.05. The highest BCUT2D eigenvalue weighted by Gasteiger charge is 2.29. The first-order chi connectivity index (χ1) is 11.0. The lowest BCUT2D eigenvalue weighted by Crippen LogP contribution is -2.45. The van der Waals surface area contributed by atoms with Crippen LogP contribution in [0.25, 0.3) is 11.3 Å². The van der Waals surface area contributed by atoms with Gasteiger partial charge in [0.2, 0.25) is 11.9 Å². The van der Waals surface area contributed by atoms with Crippen molar-refractivity contribution in [2.45, 2.75) is 6.42 Å². The first kappa shape index (κ1) is 15.4. The third kappa shape index (κ3) is 2.77. The van der Waals surface area contributed by atoms with Crippen LogP contribution >= 0.6 is 15.9 Å². The molecule has 1 aliphatic heterocycles. The van der Waals surface area contributed by atoms with Crippen LogP contribution in [-0.4, -0.2) is 39.6 Å². The van der Waals surface area contributed by atoms with Gasteiger partial charge in [0.1, 0.15) is 11.0 Å². The lowest BCUT2D eigenvalue weighted by Gasteiger charge is -2.29. The summed E-state index contributed by atoms with van der Waals surface area (Å²) in [5, 5.41) is 9.02. The second-order valence-corrected chi connectivity index (χ2v) is 5.83. The van der Waals surface area contributed by atoms with Crippen molar-refractivity contribution >= 4 is 33.8 Å². The van der Waals surface area contributed by atoms with Gasteiger partial charge in [-0.05, 0) is 15.9 Å². The Labute approximate surface area is 139 Å². The molecule has 0 aliphatic carbocycles. The van der Waals surface area contributed by atoms with E-state index in [-0.39, 0.29) is 35.8 Å². The Hall–Kier alpha value is -2.48. The zero-order valence-corrected chi connectivity index (χ0v) is 13.5. The molecule has 0 saturated carbocycles. The molecule has 2 aromatic rings. The highest BCUT2D eigenvalue weighted by molar-refractivity contribution is 9.10. The second-order valence-electron chi connectivity index (χ2n) is 5.04. The van der Waals surface area contributed by atoms with Gasteiger partial charge in [0.25, 0.3) is 5.56 Å². The molecule has 118 valence electrons. The molecule has 8 heteroatoms. The van der Waals surface area contributed by atoms with Crippen LogP contribution < -0.4 is 10.5 Å². The number of carbonyl (C=O) groups is 2. The minimum Gasteiger partial charge on any atom is -0.480 e. The second kappa shape index (κ2) is 5.96. The van der Waals surface area contributed by atoms with Gasteiger partial charge in [-0.15, -0.1) is 0 Å².